The Balaban J connectivity index is 3.57. The van der Waals surface area contributed by atoms with Crippen LogP contribution >= 0.6 is 0 Å². The highest BCUT2D eigenvalue weighted by atomic mass is 16.3. The van der Waals surface area contributed by atoms with Crippen molar-refractivity contribution >= 4 is 5.91 Å². The predicted molar refractivity (Wildman–Crippen MR) is 232 cm³/mol. The van der Waals surface area contributed by atoms with E-state index >= 15 is 0 Å². The largest absolute Gasteiger partial charge is 0.394 e. The van der Waals surface area contributed by atoms with E-state index < -0.39 is 18.2 Å². The fourth-order valence-electron chi connectivity index (χ4n) is 7.63. The predicted octanol–water partition coefficient (Wildman–Crippen LogP) is 14.0. The number of nitrogens with one attached hydrogen (secondary N) is 1. The summed E-state index contributed by atoms with van der Waals surface area (Å²) in [6, 6.07) is -0.808. The first-order chi connectivity index (χ1) is 26.1. The zero-order chi connectivity index (χ0) is 38.7. The Labute approximate surface area is 331 Å². The molecule has 5 nitrogen and oxygen atoms in total. The lowest BCUT2D eigenvalue weighted by Crippen LogP contribution is -2.50. The van der Waals surface area contributed by atoms with E-state index in [4.69, 9.17) is 0 Å². The van der Waals surface area contributed by atoms with Gasteiger partial charge in [0.2, 0.25) is 5.91 Å². The van der Waals surface area contributed by atoms with Crippen molar-refractivity contribution in [3.63, 3.8) is 0 Å². The maximum Gasteiger partial charge on any atom is 0.220 e. The molecule has 316 valence electrons. The number of rotatable bonds is 44. The molecule has 53 heavy (non-hydrogen) atoms. The van der Waals surface area contributed by atoms with Gasteiger partial charge in [0.05, 0.1) is 18.8 Å². The van der Waals surface area contributed by atoms with E-state index in [1.165, 1.54) is 205 Å². The molecular weight excluding hydrogens is 655 g/mol. The van der Waals surface area contributed by atoms with Gasteiger partial charge in [-0.15, -0.1) is 0 Å². The standard InChI is InChI=1S/C48H95NO4/c1-3-5-7-9-11-13-15-17-19-21-22-23-24-25-27-28-30-32-34-36-38-40-42-46(51)48(53)45(44-50)49-47(52)43-41-39-37-35-33-31-29-26-20-18-16-14-12-10-8-6-4-2/h18,20,45-46,48,50-51,53H,3-17,19,21-44H2,1-2H3,(H,49,52)/b20-18-. The first-order valence-corrected chi connectivity index (χ1v) is 24.0. The summed E-state index contributed by atoms with van der Waals surface area (Å²) in [6.45, 7) is 4.19. The molecule has 0 saturated heterocycles. The first kappa shape index (κ1) is 52.1. The van der Waals surface area contributed by atoms with Crippen LogP contribution in [0.5, 0.6) is 0 Å². The molecule has 0 aromatic heterocycles. The van der Waals surface area contributed by atoms with Crippen molar-refractivity contribution in [1.82, 2.24) is 5.32 Å². The van der Waals surface area contributed by atoms with Crippen LogP contribution in [0.3, 0.4) is 0 Å². The quantitative estimate of drug-likeness (QED) is 0.0369. The molecule has 0 aromatic carbocycles. The van der Waals surface area contributed by atoms with Gasteiger partial charge in [-0.25, -0.2) is 0 Å². The molecule has 0 aliphatic carbocycles. The molecule has 5 heteroatoms. The Morgan fingerprint density at radius 1 is 0.453 bits per heavy atom. The van der Waals surface area contributed by atoms with E-state index in [9.17, 15) is 20.1 Å². The fraction of sp³-hybridized carbons (Fsp3) is 0.938. The molecule has 0 bridgehead atoms. The summed E-state index contributed by atoms with van der Waals surface area (Å²) in [4.78, 5) is 12.4. The minimum Gasteiger partial charge on any atom is -0.394 e. The number of unbranched alkanes of at least 4 members (excludes halogenated alkanes) is 34. The Hall–Kier alpha value is -0.910. The highest BCUT2D eigenvalue weighted by Crippen LogP contribution is 2.17. The maximum atomic E-state index is 12.4. The lowest BCUT2D eigenvalue weighted by molar-refractivity contribution is -0.124. The van der Waals surface area contributed by atoms with Crippen molar-refractivity contribution in [2.75, 3.05) is 6.61 Å². The topological polar surface area (TPSA) is 89.8 Å². The molecule has 0 spiro atoms. The molecule has 0 aromatic rings. The summed E-state index contributed by atoms with van der Waals surface area (Å²) in [7, 11) is 0. The molecule has 3 atom stereocenters. The summed E-state index contributed by atoms with van der Waals surface area (Å²) in [6.07, 6.45) is 51.8. The summed E-state index contributed by atoms with van der Waals surface area (Å²) in [5.41, 5.74) is 0. The second kappa shape index (κ2) is 43.8. The van der Waals surface area contributed by atoms with Gasteiger partial charge in [0, 0.05) is 6.42 Å². The Morgan fingerprint density at radius 3 is 1.09 bits per heavy atom. The minimum absolute atomic E-state index is 0.146. The molecule has 0 fully saturated rings. The smallest absolute Gasteiger partial charge is 0.220 e. The monoisotopic (exact) mass is 750 g/mol. The summed E-state index contributed by atoms with van der Waals surface area (Å²) in [5, 5.41) is 33.6. The molecular formula is C48H95NO4. The average molecular weight is 750 g/mol. The van der Waals surface area contributed by atoms with Crippen LogP contribution in [0.15, 0.2) is 12.2 Å². The lowest BCUT2D eigenvalue weighted by Gasteiger charge is -2.26. The molecule has 0 saturated carbocycles. The molecule has 0 radical (unpaired) electrons. The Bertz CT molecular complexity index is 743. The van der Waals surface area contributed by atoms with E-state index in [1.807, 2.05) is 0 Å². The average Bonchev–Trinajstić information content (AvgIpc) is 3.16. The first-order valence-electron chi connectivity index (χ1n) is 24.0. The highest BCUT2D eigenvalue weighted by Gasteiger charge is 2.26. The summed E-state index contributed by atoms with van der Waals surface area (Å²) >= 11 is 0. The summed E-state index contributed by atoms with van der Waals surface area (Å²) < 4.78 is 0. The zero-order valence-electron chi connectivity index (χ0n) is 35.9. The molecule has 1 amide bonds. The van der Waals surface area contributed by atoms with E-state index in [-0.39, 0.29) is 12.5 Å². The van der Waals surface area contributed by atoms with Crippen molar-refractivity contribution in [2.45, 2.75) is 283 Å². The van der Waals surface area contributed by atoms with Gasteiger partial charge < -0.3 is 20.6 Å². The van der Waals surface area contributed by atoms with Crippen molar-refractivity contribution in [3.05, 3.63) is 12.2 Å². The third-order valence-corrected chi connectivity index (χ3v) is 11.4. The molecule has 0 heterocycles. The van der Waals surface area contributed by atoms with Crippen molar-refractivity contribution in [1.29, 1.82) is 0 Å². The number of aliphatic hydroxyl groups excluding tert-OH is 3. The van der Waals surface area contributed by atoms with Gasteiger partial charge in [-0.2, -0.15) is 0 Å². The number of aliphatic hydroxyl groups is 3. The van der Waals surface area contributed by atoms with Crippen LogP contribution in [-0.4, -0.2) is 46.1 Å². The van der Waals surface area contributed by atoms with Crippen molar-refractivity contribution < 1.29 is 20.1 Å². The van der Waals surface area contributed by atoms with Gasteiger partial charge in [-0.05, 0) is 38.5 Å². The van der Waals surface area contributed by atoms with Crippen LogP contribution in [0, 0.1) is 0 Å². The SMILES string of the molecule is CCCCCCCC/C=C\CCCCCCCCCC(=O)NC(CO)C(O)C(O)CCCCCCCCCCCCCCCCCCCCCCCC. The second-order valence-electron chi connectivity index (χ2n) is 16.7. The number of carbonyl (C=O) groups is 1. The fourth-order valence-corrected chi connectivity index (χ4v) is 7.63. The molecule has 0 aliphatic heterocycles. The highest BCUT2D eigenvalue weighted by molar-refractivity contribution is 5.76. The van der Waals surface area contributed by atoms with Gasteiger partial charge in [-0.3, -0.25) is 4.79 Å². The van der Waals surface area contributed by atoms with Crippen LogP contribution in [0.4, 0.5) is 0 Å². The minimum atomic E-state index is -1.13. The van der Waals surface area contributed by atoms with Gasteiger partial charge in [0.1, 0.15) is 6.10 Å². The van der Waals surface area contributed by atoms with Gasteiger partial charge >= 0.3 is 0 Å². The van der Waals surface area contributed by atoms with Crippen LogP contribution < -0.4 is 5.32 Å². The third-order valence-electron chi connectivity index (χ3n) is 11.4. The van der Waals surface area contributed by atoms with Crippen LogP contribution in [-0.2, 0) is 4.79 Å². The number of carbonyl (C=O) groups excluding carboxylic acids is 1. The van der Waals surface area contributed by atoms with E-state index in [0.29, 0.717) is 12.8 Å². The van der Waals surface area contributed by atoms with Crippen LogP contribution in [0.2, 0.25) is 0 Å². The van der Waals surface area contributed by atoms with E-state index in [0.717, 1.165) is 32.1 Å². The molecule has 3 unspecified atom stereocenters. The van der Waals surface area contributed by atoms with Gasteiger partial charge in [0.15, 0.2) is 0 Å². The molecule has 0 aliphatic rings. The summed E-state index contributed by atoms with van der Waals surface area (Å²) in [5.74, 6) is -0.146. The normalized spacial score (nSPS) is 13.5. The van der Waals surface area contributed by atoms with E-state index in [2.05, 4.69) is 31.3 Å². The van der Waals surface area contributed by atoms with Crippen LogP contribution in [0.1, 0.15) is 264 Å². The number of allylic oxidation sites excluding steroid dienone is 2. The van der Waals surface area contributed by atoms with Gasteiger partial charge in [0.25, 0.3) is 0 Å². The molecule has 4 N–H and O–H groups in total. The zero-order valence-corrected chi connectivity index (χ0v) is 35.9. The number of hydrogen-bond donors (Lipinski definition) is 4. The second-order valence-corrected chi connectivity index (χ2v) is 16.7. The van der Waals surface area contributed by atoms with Crippen molar-refractivity contribution in [3.8, 4) is 0 Å². The maximum absolute atomic E-state index is 12.4. The number of hydrogen-bond acceptors (Lipinski definition) is 4. The lowest BCUT2D eigenvalue weighted by atomic mass is 9.99. The number of amides is 1. The van der Waals surface area contributed by atoms with Crippen molar-refractivity contribution in [2.24, 2.45) is 0 Å². The molecule has 0 rings (SSSR count). The van der Waals surface area contributed by atoms with Gasteiger partial charge in [-0.1, -0.05) is 231 Å². The Kier molecular flexibility index (Phi) is 43.1. The third kappa shape index (κ3) is 39.1. The Morgan fingerprint density at radius 2 is 0.755 bits per heavy atom. The van der Waals surface area contributed by atoms with E-state index in [1.54, 1.807) is 0 Å². The van der Waals surface area contributed by atoms with Crippen LogP contribution in [0.25, 0.3) is 0 Å².